The van der Waals surface area contributed by atoms with E-state index in [0.29, 0.717) is 36.6 Å². The summed E-state index contributed by atoms with van der Waals surface area (Å²) in [7, 11) is 0. The normalized spacial score (nSPS) is 16.9. The number of piperidine rings is 2. The fraction of sp³-hybridized carbons (Fsp3) is 0.386. The molecule has 3 aliphatic heterocycles. The predicted molar refractivity (Wildman–Crippen MR) is 217 cm³/mol. The van der Waals surface area contributed by atoms with Crippen molar-refractivity contribution in [2.24, 2.45) is 0 Å². The van der Waals surface area contributed by atoms with E-state index in [1.807, 2.05) is 31.2 Å². The van der Waals surface area contributed by atoms with E-state index in [-0.39, 0.29) is 48.0 Å². The number of aromatic nitrogens is 2. The first-order valence-corrected chi connectivity index (χ1v) is 20.2. The number of aromatic amines is 1. The number of fused-ring (bicyclic) bond motifs is 1. The fourth-order valence-corrected chi connectivity index (χ4v) is 8.10. The summed E-state index contributed by atoms with van der Waals surface area (Å²) in [6, 6.07) is 14.2. The van der Waals surface area contributed by atoms with Gasteiger partial charge in [0.15, 0.2) is 6.61 Å². The van der Waals surface area contributed by atoms with E-state index >= 15 is 0 Å². The number of benzene rings is 3. The van der Waals surface area contributed by atoms with Gasteiger partial charge >= 0.3 is 0 Å². The maximum Gasteiger partial charge on any atom is 0.266 e. The second-order valence-electron chi connectivity index (χ2n) is 15.3. The van der Waals surface area contributed by atoms with Crippen LogP contribution in [0.25, 0.3) is 11.1 Å². The van der Waals surface area contributed by atoms with Crippen LogP contribution in [-0.4, -0.2) is 89.1 Å². The first-order chi connectivity index (χ1) is 28.5. The van der Waals surface area contributed by atoms with Crippen molar-refractivity contribution < 1.29 is 37.9 Å². The average Bonchev–Trinajstić information content (AvgIpc) is 3.78. The Kier molecular flexibility index (Phi) is 12.5. The molecular weight excluding hydrogens is 758 g/mol. The Bertz CT molecular complexity index is 2280. The Balaban J connectivity index is 0.848. The lowest BCUT2D eigenvalue weighted by molar-refractivity contribution is -0.136. The SMILES string of the molecule is Cc1cc(-c2ccc(C(=O)NCCCCCCNC(=O)COc3cccc4c3C(=O)N(C3CCC(=O)NC3=O)C4=O)cc2N2CCC(c3nc[nH]c3C)CC2)ccc1F. The number of aryl methyl sites for hydroxylation is 2. The van der Waals surface area contributed by atoms with Crippen LogP contribution in [0.3, 0.4) is 0 Å². The number of nitrogens with one attached hydrogen (secondary N) is 4. The second kappa shape index (κ2) is 18.0. The Labute approximate surface area is 341 Å². The van der Waals surface area contributed by atoms with E-state index in [9.17, 15) is 33.2 Å². The Morgan fingerprint density at radius 3 is 2.36 bits per heavy atom. The molecule has 3 aliphatic rings. The minimum absolute atomic E-state index is 0.00976. The molecule has 4 N–H and O–H groups in total. The molecule has 3 aromatic carbocycles. The number of halogens is 1. The van der Waals surface area contributed by atoms with E-state index in [0.717, 1.165) is 78.3 Å². The number of anilines is 1. The van der Waals surface area contributed by atoms with Crippen molar-refractivity contribution in [2.75, 3.05) is 37.7 Å². The molecule has 15 heteroatoms. The smallest absolute Gasteiger partial charge is 0.266 e. The van der Waals surface area contributed by atoms with E-state index < -0.39 is 35.6 Å². The highest BCUT2D eigenvalue weighted by Crippen LogP contribution is 2.38. The molecule has 2 saturated heterocycles. The van der Waals surface area contributed by atoms with Gasteiger partial charge in [-0.15, -0.1) is 0 Å². The third kappa shape index (κ3) is 9.03. The number of ether oxygens (including phenoxy) is 1. The molecule has 4 heterocycles. The molecule has 0 radical (unpaired) electrons. The molecule has 14 nitrogen and oxygen atoms in total. The quantitative estimate of drug-likeness (QED) is 0.0938. The largest absolute Gasteiger partial charge is 0.483 e. The zero-order valence-electron chi connectivity index (χ0n) is 33.2. The summed E-state index contributed by atoms with van der Waals surface area (Å²) in [5.41, 5.74) is 6.16. The van der Waals surface area contributed by atoms with Crippen molar-refractivity contribution in [3.05, 3.63) is 100 Å². The lowest BCUT2D eigenvalue weighted by Crippen LogP contribution is -2.54. The molecule has 0 bridgehead atoms. The minimum Gasteiger partial charge on any atom is -0.483 e. The number of carbonyl (C=O) groups is 6. The van der Waals surface area contributed by atoms with Gasteiger partial charge in [-0.1, -0.05) is 31.0 Å². The highest BCUT2D eigenvalue weighted by molar-refractivity contribution is 6.24. The van der Waals surface area contributed by atoms with Crippen molar-refractivity contribution in [3.8, 4) is 16.9 Å². The van der Waals surface area contributed by atoms with Crippen molar-refractivity contribution in [3.63, 3.8) is 0 Å². The third-order valence-electron chi connectivity index (χ3n) is 11.3. The predicted octanol–water partition coefficient (Wildman–Crippen LogP) is 5.10. The summed E-state index contributed by atoms with van der Waals surface area (Å²) in [5.74, 6) is -2.93. The molecule has 2 fully saturated rings. The van der Waals surface area contributed by atoms with Crippen LogP contribution in [0.1, 0.15) is 105 Å². The fourth-order valence-electron chi connectivity index (χ4n) is 8.10. The number of amides is 6. The van der Waals surface area contributed by atoms with Crippen molar-refractivity contribution in [2.45, 2.75) is 77.2 Å². The van der Waals surface area contributed by atoms with Crippen molar-refractivity contribution in [1.82, 2.24) is 30.8 Å². The number of carbonyl (C=O) groups excluding carboxylic acids is 6. The molecule has 308 valence electrons. The molecule has 4 aromatic rings. The van der Waals surface area contributed by atoms with Crippen LogP contribution < -0.4 is 25.6 Å². The van der Waals surface area contributed by atoms with Crippen molar-refractivity contribution >= 4 is 41.1 Å². The van der Waals surface area contributed by atoms with Crippen LogP contribution in [0.2, 0.25) is 0 Å². The van der Waals surface area contributed by atoms with Crippen LogP contribution in [0, 0.1) is 19.7 Å². The zero-order valence-corrected chi connectivity index (χ0v) is 33.2. The van der Waals surface area contributed by atoms with Gasteiger partial charge in [0.1, 0.15) is 17.6 Å². The molecule has 1 aromatic heterocycles. The number of hydrogen-bond acceptors (Lipinski definition) is 9. The van der Waals surface area contributed by atoms with Crippen LogP contribution in [0.5, 0.6) is 5.75 Å². The Hall–Kier alpha value is -6.38. The summed E-state index contributed by atoms with van der Waals surface area (Å²) in [6.45, 7) is 5.91. The molecule has 7 rings (SSSR count). The van der Waals surface area contributed by atoms with Gasteiger partial charge in [-0.3, -0.25) is 39.0 Å². The second-order valence-corrected chi connectivity index (χ2v) is 15.3. The van der Waals surface area contributed by atoms with Crippen LogP contribution in [-0.2, 0) is 14.4 Å². The van der Waals surface area contributed by atoms with Crippen LogP contribution >= 0.6 is 0 Å². The number of imide groups is 2. The van der Waals surface area contributed by atoms with Gasteiger partial charge in [-0.2, -0.15) is 0 Å². The monoisotopic (exact) mass is 805 g/mol. The average molecular weight is 806 g/mol. The number of unbranched alkanes of at least 4 members (excludes halogenated alkanes) is 3. The van der Waals surface area contributed by atoms with Crippen LogP contribution in [0.15, 0.2) is 60.9 Å². The van der Waals surface area contributed by atoms with E-state index in [1.54, 1.807) is 19.3 Å². The number of H-pyrrole nitrogens is 1. The Morgan fingerprint density at radius 1 is 0.881 bits per heavy atom. The summed E-state index contributed by atoms with van der Waals surface area (Å²) >= 11 is 0. The maximum absolute atomic E-state index is 14.2. The summed E-state index contributed by atoms with van der Waals surface area (Å²) in [5, 5.41) is 8.01. The molecular formula is C44H48FN7O7. The van der Waals surface area contributed by atoms with E-state index in [4.69, 9.17) is 4.74 Å². The standard InChI is InChI=1S/C44H48FN7O7/c1-26-22-29(11-13-33(26)45)31-12-10-30(23-35(31)51-20-16-28(17-21-51)40-27(2)48-25-49-40)41(55)47-19-6-4-3-5-18-46-38(54)24-59-36-9-7-8-32-39(36)44(58)52(43(32)57)34-14-15-37(53)50-42(34)56/h7-13,22-23,25,28,34H,3-6,14-21,24H2,1-2H3,(H,46,54)(H,47,55)(H,48,49)(H,50,53,56). The molecule has 0 saturated carbocycles. The highest BCUT2D eigenvalue weighted by atomic mass is 19.1. The molecule has 6 amide bonds. The summed E-state index contributed by atoms with van der Waals surface area (Å²) in [4.78, 5) is 87.1. The first-order valence-electron chi connectivity index (χ1n) is 20.2. The van der Waals surface area contributed by atoms with Gasteiger partial charge in [0, 0.05) is 61.0 Å². The summed E-state index contributed by atoms with van der Waals surface area (Å²) in [6.07, 6.45) is 6.76. The van der Waals surface area contributed by atoms with E-state index in [2.05, 4.69) is 30.8 Å². The van der Waals surface area contributed by atoms with Crippen molar-refractivity contribution in [1.29, 1.82) is 0 Å². The van der Waals surface area contributed by atoms with Gasteiger partial charge in [-0.05, 0) is 93.5 Å². The molecule has 0 spiro atoms. The maximum atomic E-state index is 14.2. The minimum atomic E-state index is -1.10. The lowest BCUT2D eigenvalue weighted by Gasteiger charge is -2.35. The number of hydrogen-bond donors (Lipinski definition) is 4. The van der Waals surface area contributed by atoms with Gasteiger partial charge in [0.2, 0.25) is 11.8 Å². The zero-order chi connectivity index (χ0) is 41.6. The Morgan fingerprint density at radius 2 is 1.64 bits per heavy atom. The number of imidazole rings is 1. The highest BCUT2D eigenvalue weighted by Gasteiger charge is 2.46. The van der Waals surface area contributed by atoms with Crippen LogP contribution in [0.4, 0.5) is 10.1 Å². The topological polar surface area (TPSA) is 183 Å². The third-order valence-corrected chi connectivity index (χ3v) is 11.3. The van der Waals surface area contributed by atoms with Gasteiger partial charge in [0.25, 0.3) is 23.6 Å². The lowest BCUT2D eigenvalue weighted by atomic mass is 9.91. The molecule has 1 atom stereocenters. The van der Waals surface area contributed by atoms with Gasteiger partial charge in [-0.25, -0.2) is 9.37 Å². The number of nitrogens with zero attached hydrogens (tertiary/aromatic N) is 3. The van der Waals surface area contributed by atoms with Gasteiger partial charge < -0.3 is 25.3 Å². The number of rotatable bonds is 15. The van der Waals surface area contributed by atoms with Gasteiger partial charge in [0.05, 0.1) is 23.1 Å². The molecule has 59 heavy (non-hydrogen) atoms. The summed E-state index contributed by atoms with van der Waals surface area (Å²) < 4.78 is 19.8. The first kappa shape index (κ1) is 40.8. The van der Waals surface area contributed by atoms with E-state index in [1.165, 1.54) is 24.3 Å². The molecule has 1 unspecified atom stereocenters. The molecule has 0 aliphatic carbocycles.